The van der Waals surface area contributed by atoms with Crippen molar-refractivity contribution < 1.29 is 9.53 Å². The smallest absolute Gasteiger partial charge is 0.338 e. The Kier molecular flexibility index (Phi) is 6.85. The van der Waals surface area contributed by atoms with E-state index in [2.05, 4.69) is 45.1 Å². The van der Waals surface area contributed by atoms with E-state index in [1.165, 1.54) is 44.9 Å². The van der Waals surface area contributed by atoms with Crippen molar-refractivity contribution in [3.05, 3.63) is 35.9 Å². The van der Waals surface area contributed by atoms with Crippen LogP contribution in [0.1, 0.15) is 82.5 Å². The highest BCUT2D eigenvalue weighted by Crippen LogP contribution is 2.68. The second-order valence-electron chi connectivity index (χ2n) is 13.2. The quantitative estimate of drug-likeness (QED) is 0.523. The highest BCUT2D eigenvalue weighted by molar-refractivity contribution is 5.89. The van der Waals surface area contributed by atoms with E-state index in [0.29, 0.717) is 22.9 Å². The molecule has 4 aliphatic rings. The molecule has 0 aromatic heterocycles. The van der Waals surface area contributed by atoms with Crippen molar-refractivity contribution in [3.8, 4) is 0 Å². The van der Waals surface area contributed by atoms with Crippen LogP contribution < -0.4 is 5.32 Å². The molecular formula is C31H48N2O2. The summed E-state index contributed by atoms with van der Waals surface area (Å²) >= 11 is 0. The van der Waals surface area contributed by atoms with Crippen LogP contribution in [-0.4, -0.2) is 50.2 Å². The van der Waals surface area contributed by atoms with Gasteiger partial charge < -0.3 is 15.0 Å². The van der Waals surface area contributed by atoms with E-state index in [1.807, 2.05) is 37.4 Å². The molecular weight excluding hydrogens is 432 g/mol. The van der Waals surface area contributed by atoms with E-state index >= 15 is 0 Å². The van der Waals surface area contributed by atoms with Gasteiger partial charge in [0, 0.05) is 18.0 Å². The maximum Gasteiger partial charge on any atom is 0.338 e. The minimum absolute atomic E-state index is 0.0363. The number of nitrogens with zero attached hydrogens (tertiary/aromatic N) is 1. The molecule has 0 saturated heterocycles. The molecule has 4 saturated carbocycles. The van der Waals surface area contributed by atoms with Crippen molar-refractivity contribution in [2.75, 3.05) is 21.1 Å². The fraction of sp³-hybridized carbons (Fsp3) is 0.774. The lowest BCUT2D eigenvalue weighted by molar-refractivity contribution is -0.154. The van der Waals surface area contributed by atoms with Crippen LogP contribution in [0.2, 0.25) is 0 Å². The molecule has 0 amide bonds. The number of ether oxygens (including phenoxy) is 1. The summed E-state index contributed by atoms with van der Waals surface area (Å²) in [6.45, 7) is 7.66. The standard InChI is InChI=1S/C31H48N2O2/c1-20(33(5)6)23-14-15-24-22-12-13-26-28(35-29(34)21-10-8-7-9-11-21)27(32-4)17-19-31(26,3)25(22)16-18-30(23,24)2/h7-11,20,22-28,32H,12-19H2,1-6H3/t20-,22-,23+,24-,25-,26-,27-,28-,30+,31+/m0/s1. The summed E-state index contributed by atoms with van der Waals surface area (Å²) in [7, 11) is 6.56. The number of nitrogens with one attached hydrogen (secondary N) is 1. The predicted octanol–water partition coefficient (Wildman–Crippen LogP) is 6.02. The van der Waals surface area contributed by atoms with Crippen LogP contribution in [0.25, 0.3) is 0 Å². The number of likely N-dealkylation sites (N-methyl/N-ethyl adjacent to an activating group) is 1. The van der Waals surface area contributed by atoms with E-state index in [-0.39, 0.29) is 23.5 Å². The van der Waals surface area contributed by atoms with Crippen LogP contribution in [0.15, 0.2) is 30.3 Å². The van der Waals surface area contributed by atoms with Crippen molar-refractivity contribution in [1.29, 1.82) is 0 Å². The average Bonchev–Trinajstić information content (AvgIpc) is 3.21. The van der Waals surface area contributed by atoms with Gasteiger partial charge in [0.2, 0.25) is 0 Å². The Labute approximate surface area is 213 Å². The van der Waals surface area contributed by atoms with E-state index in [4.69, 9.17) is 4.74 Å². The minimum Gasteiger partial charge on any atom is -0.457 e. The zero-order valence-corrected chi connectivity index (χ0v) is 22.9. The van der Waals surface area contributed by atoms with Gasteiger partial charge in [-0.3, -0.25) is 0 Å². The van der Waals surface area contributed by atoms with Gasteiger partial charge in [0.05, 0.1) is 5.56 Å². The number of benzene rings is 1. The lowest BCUT2D eigenvalue weighted by Gasteiger charge is -2.62. The lowest BCUT2D eigenvalue weighted by atomic mass is 9.44. The van der Waals surface area contributed by atoms with Crippen molar-refractivity contribution in [2.45, 2.75) is 90.3 Å². The van der Waals surface area contributed by atoms with Gasteiger partial charge in [0.15, 0.2) is 0 Å². The third-order valence-electron chi connectivity index (χ3n) is 11.8. The second-order valence-corrected chi connectivity index (χ2v) is 13.2. The molecule has 0 radical (unpaired) electrons. The number of rotatable bonds is 5. The summed E-state index contributed by atoms with van der Waals surface area (Å²) in [5.74, 6) is 3.57. The molecule has 4 aliphatic carbocycles. The first-order valence-corrected chi connectivity index (χ1v) is 14.3. The van der Waals surface area contributed by atoms with Gasteiger partial charge in [0.1, 0.15) is 6.10 Å². The van der Waals surface area contributed by atoms with E-state index in [0.717, 1.165) is 30.1 Å². The summed E-state index contributed by atoms with van der Waals surface area (Å²) in [5, 5.41) is 3.52. The monoisotopic (exact) mass is 480 g/mol. The van der Waals surface area contributed by atoms with Crippen LogP contribution in [0, 0.1) is 40.4 Å². The Morgan fingerprint density at radius 3 is 2.29 bits per heavy atom. The molecule has 10 atom stereocenters. The van der Waals surface area contributed by atoms with Gasteiger partial charge in [-0.15, -0.1) is 0 Å². The Morgan fingerprint density at radius 1 is 0.943 bits per heavy atom. The summed E-state index contributed by atoms with van der Waals surface area (Å²) in [6, 6.07) is 10.5. The molecule has 1 aromatic carbocycles. The summed E-state index contributed by atoms with van der Waals surface area (Å²) < 4.78 is 6.37. The second kappa shape index (κ2) is 9.49. The van der Waals surface area contributed by atoms with Crippen molar-refractivity contribution in [3.63, 3.8) is 0 Å². The Bertz CT molecular complexity index is 903. The Hall–Kier alpha value is -1.39. The van der Waals surface area contributed by atoms with E-state index < -0.39 is 0 Å². The number of carbonyl (C=O) groups excluding carboxylic acids is 1. The molecule has 0 unspecified atom stereocenters. The van der Waals surface area contributed by atoms with Gasteiger partial charge in [-0.25, -0.2) is 4.79 Å². The molecule has 1 N–H and O–H groups in total. The zero-order chi connectivity index (χ0) is 25.0. The largest absolute Gasteiger partial charge is 0.457 e. The molecule has 4 fully saturated rings. The molecule has 0 spiro atoms. The fourth-order valence-corrected chi connectivity index (χ4v) is 9.74. The molecule has 0 bridgehead atoms. The fourth-order valence-electron chi connectivity index (χ4n) is 9.74. The van der Waals surface area contributed by atoms with Gasteiger partial charge in [-0.1, -0.05) is 32.0 Å². The van der Waals surface area contributed by atoms with Gasteiger partial charge >= 0.3 is 5.97 Å². The molecule has 0 heterocycles. The molecule has 4 nitrogen and oxygen atoms in total. The van der Waals surface area contributed by atoms with Crippen LogP contribution in [0.4, 0.5) is 0 Å². The first-order chi connectivity index (χ1) is 16.7. The van der Waals surface area contributed by atoms with Crippen LogP contribution in [0.5, 0.6) is 0 Å². The third kappa shape index (κ3) is 4.07. The van der Waals surface area contributed by atoms with Crippen LogP contribution in [0.3, 0.4) is 0 Å². The number of hydrogen-bond acceptors (Lipinski definition) is 4. The third-order valence-corrected chi connectivity index (χ3v) is 11.8. The zero-order valence-electron chi connectivity index (χ0n) is 22.9. The minimum atomic E-state index is -0.158. The van der Waals surface area contributed by atoms with Crippen LogP contribution >= 0.6 is 0 Å². The summed E-state index contributed by atoms with van der Waals surface area (Å²) in [4.78, 5) is 15.6. The number of fused-ring (bicyclic) bond motifs is 5. The highest BCUT2D eigenvalue weighted by atomic mass is 16.5. The van der Waals surface area contributed by atoms with Gasteiger partial charge in [0.25, 0.3) is 0 Å². The number of esters is 1. The maximum atomic E-state index is 13.1. The summed E-state index contributed by atoms with van der Waals surface area (Å²) in [6.07, 6.45) is 10.3. The maximum absolute atomic E-state index is 13.1. The molecule has 5 rings (SSSR count). The number of carbonyl (C=O) groups is 1. The van der Waals surface area contributed by atoms with E-state index in [1.54, 1.807) is 0 Å². The lowest BCUT2D eigenvalue weighted by Crippen LogP contribution is -2.61. The topological polar surface area (TPSA) is 41.6 Å². The molecule has 1 aromatic rings. The average molecular weight is 481 g/mol. The van der Waals surface area contributed by atoms with Crippen molar-refractivity contribution in [1.82, 2.24) is 10.2 Å². The molecule has 35 heavy (non-hydrogen) atoms. The predicted molar refractivity (Wildman–Crippen MR) is 142 cm³/mol. The molecule has 0 aliphatic heterocycles. The first kappa shape index (κ1) is 25.3. The van der Waals surface area contributed by atoms with Gasteiger partial charge in [-0.05, 0) is 126 Å². The summed E-state index contributed by atoms with van der Waals surface area (Å²) in [5.41, 5.74) is 1.42. The molecule has 194 valence electrons. The number of hydrogen-bond donors (Lipinski definition) is 1. The first-order valence-electron chi connectivity index (χ1n) is 14.3. The Balaban J connectivity index is 1.38. The normalized spacial score (nSPS) is 43.7. The van der Waals surface area contributed by atoms with Crippen molar-refractivity contribution >= 4 is 5.97 Å². The molecule has 4 heteroatoms. The van der Waals surface area contributed by atoms with Crippen molar-refractivity contribution in [2.24, 2.45) is 40.4 Å². The van der Waals surface area contributed by atoms with Gasteiger partial charge in [-0.2, -0.15) is 0 Å². The van der Waals surface area contributed by atoms with Crippen LogP contribution in [-0.2, 0) is 4.74 Å². The highest BCUT2D eigenvalue weighted by Gasteiger charge is 2.62. The Morgan fingerprint density at radius 2 is 1.60 bits per heavy atom. The van der Waals surface area contributed by atoms with E-state index in [9.17, 15) is 4.79 Å². The SMILES string of the molecule is CN[C@H]1CC[C@]2(C)[C@H]3CC[C@]4(C)[C@@H]([C@H](C)N(C)C)CC[C@H]4[C@@H]3CC[C@H]2[C@@H]1OC(=O)c1ccccc1.